The number of nitrogens with zero attached hydrogens (tertiary/aromatic N) is 3. The summed E-state index contributed by atoms with van der Waals surface area (Å²) < 4.78 is 41.0. The number of imidazole rings is 1. The SMILES string of the molecule is Nc1nc2c(ncn2C2OC(COP(=O)([O-])OP(=O)([O-])OP(O)(O)=S)C(O)C2O)c(=O)[nH]1. The minimum atomic E-state index is -5.84. The van der Waals surface area contributed by atoms with E-state index in [-0.39, 0.29) is 17.1 Å². The van der Waals surface area contributed by atoms with Crippen molar-refractivity contribution < 1.29 is 56.8 Å². The number of ether oxygens (including phenoxy) is 1. The predicted molar refractivity (Wildman–Crippen MR) is 101 cm³/mol. The third-order valence-corrected chi connectivity index (χ3v) is 8.18. The Labute approximate surface area is 181 Å². The fourth-order valence-corrected chi connectivity index (χ4v) is 6.34. The number of nitrogen functional groups attached to an aromatic ring is 1. The number of aliphatic hydroxyl groups is 2. The number of hydrogen-bond acceptors (Lipinski definition) is 15. The average Bonchev–Trinajstić information content (AvgIpc) is 3.12. The minimum absolute atomic E-state index is 0.116. The zero-order chi connectivity index (χ0) is 24.1. The molecule has 3 heterocycles. The van der Waals surface area contributed by atoms with Crippen LogP contribution in [-0.4, -0.2) is 64.4 Å². The van der Waals surface area contributed by atoms with Gasteiger partial charge in [-0.05, 0) is 11.8 Å². The molecule has 7 N–H and O–H groups in total. The summed E-state index contributed by atoms with van der Waals surface area (Å²) in [7, 11) is -11.5. The average molecular weight is 537 g/mol. The van der Waals surface area contributed by atoms with Gasteiger partial charge in [0.25, 0.3) is 21.2 Å². The van der Waals surface area contributed by atoms with Crippen LogP contribution in [0.2, 0.25) is 0 Å². The highest BCUT2D eigenvalue weighted by Crippen LogP contribution is 2.62. The van der Waals surface area contributed by atoms with E-state index in [1.165, 1.54) is 0 Å². The predicted octanol–water partition coefficient (Wildman–Crippen LogP) is -3.48. The number of hydrogen-bond donors (Lipinski definition) is 6. The lowest BCUT2D eigenvalue weighted by molar-refractivity contribution is -0.241. The normalized spacial score (nSPS) is 27.9. The molecule has 1 fully saturated rings. The fraction of sp³-hybridized carbons (Fsp3) is 0.500. The number of aromatic nitrogens is 4. The van der Waals surface area contributed by atoms with Crippen molar-refractivity contribution in [3.05, 3.63) is 16.7 Å². The molecule has 3 rings (SSSR count). The zero-order valence-electron chi connectivity index (χ0n) is 15.2. The quantitative estimate of drug-likeness (QED) is 0.178. The molecule has 0 amide bonds. The number of H-pyrrole nitrogens is 1. The number of fused-ring (bicyclic) bond motifs is 1. The van der Waals surface area contributed by atoms with Crippen LogP contribution in [-0.2, 0) is 38.8 Å². The number of aliphatic hydroxyl groups excluding tert-OH is 2. The molecule has 6 unspecified atom stereocenters. The van der Waals surface area contributed by atoms with E-state index in [0.717, 1.165) is 10.9 Å². The Morgan fingerprint density at radius 1 is 1.25 bits per heavy atom. The maximum atomic E-state index is 11.9. The highest BCUT2D eigenvalue weighted by Gasteiger charge is 2.45. The van der Waals surface area contributed by atoms with Gasteiger partial charge < -0.3 is 44.8 Å². The van der Waals surface area contributed by atoms with Gasteiger partial charge in [0.15, 0.2) is 17.4 Å². The van der Waals surface area contributed by atoms with Gasteiger partial charge in [-0.15, -0.1) is 0 Å². The molecule has 1 aliphatic rings. The molecule has 0 saturated carbocycles. The monoisotopic (exact) mass is 537 g/mol. The standard InChI is InChI=1S/C10H16N5O13P3S/c11-10-13-7-4(8(18)14-10)12-2-15(7)9-6(17)5(16)3(26-9)1-25-29(19,20)27-30(21,22)28-31(23,24)32/h2-3,5-6,9,16-17H,1H2,(H,19,20)(H,21,22)(H2,23,24,32)(H3,11,13,14,18)/p-2. The molecular formula is C10H14N5O13P3S-2. The molecule has 1 saturated heterocycles. The second kappa shape index (κ2) is 8.90. The number of anilines is 1. The Bertz CT molecular complexity index is 1210. The zero-order valence-corrected chi connectivity index (χ0v) is 18.7. The van der Waals surface area contributed by atoms with Crippen molar-refractivity contribution in [3.8, 4) is 0 Å². The Morgan fingerprint density at radius 3 is 2.53 bits per heavy atom. The van der Waals surface area contributed by atoms with Crippen LogP contribution in [0.1, 0.15) is 6.23 Å². The molecule has 0 aliphatic carbocycles. The van der Waals surface area contributed by atoms with E-state index in [4.69, 9.17) is 20.3 Å². The van der Waals surface area contributed by atoms with E-state index in [1.54, 1.807) is 0 Å². The van der Waals surface area contributed by atoms with Gasteiger partial charge in [0.2, 0.25) is 5.95 Å². The molecule has 22 heteroatoms. The van der Waals surface area contributed by atoms with Gasteiger partial charge in [0.1, 0.15) is 18.3 Å². The van der Waals surface area contributed by atoms with Crippen LogP contribution in [0.25, 0.3) is 11.2 Å². The maximum absolute atomic E-state index is 11.9. The Kier molecular flexibility index (Phi) is 7.09. The molecule has 2 aromatic heterocycles. The van der Waals surface area contributed by atoms with E-state index in [0.29, 0.717) is 0 Å². The van der Waals surface area contributed by atoms with Gasteiger partial charge in [-0.25, -0.2) is 13.6 Å². The van der Waals surface area contributed by atoms with Gasteiger partial charge >= 0.3 is 6.72 Å². The molecule has 0 bridgehead atoms. The smallest absolute Gasteiger partial charge is 0.328 e. The van der Waals surface area contributed by atoms with Crippen LogP contribution in [0.4, 0.5) is 5.95 Å². The molecular weight excluding hydrogens is 523 g/mol. The topological polar surface area (TPSA) is 288 Å². The maximum Gasteiger partial charge on any atom is 0.328 e. The van der Waals surface area contributed by atoms with Gasteiger partial charge in [0.05, 0.1) is 12.9 Å². The summed E-state index contributed by atoms with van der Waals surface area (Å²) in [5.41, 5.74) is 4.50. The summed E-state index contributed by atoms with van der Waals surface area (Å²) in [6.07, 6.45) is -5.37. The summed E-state index contributed by atoms with van der Waals surface area (Å²) in [6, 6.07) is 0. The van der Waals surface area contributed by atoms with Crippen LogP contribution < -0.4 is 21.1 Å². The first-order chi connectivity index (χ1) is 14.6. The number of phosphoric ester groups is 1. The van der Waals surface area contributed by atoms with E-state index in [1.807, 2.05) is 0 Å². The highest BCUT2D eigenvalue weighted by molar-refractivity contribution is 8.08. The van der Waals surface area contributed by atoms with Crippen molar-refractivity contribution in [2.45, 2.75) is 24.5 Å². The second-order valence-corrected chi connectivity index (χ2v) is 11.9. The molecule has 18 nitrogen and oxygen atoms in total. The van der Waals surface area contributed by atoms with Crippen molar-refractivity contribution in [1.29, 1.82) is 0 Å². The first-order valence-electron chi connectivity index (χ1n) is 8.07. The molecule has 0 radical (unpaired) electrons. The van der Waals surface area contributed by atoms with E-state index >= 15 is 0 Å². The number of aromatic amines is 1. The highest BCUT2D eigenvalue weighted by atomic mass is 32.5. The largest absolute Gasteiger partial charge is 0.756 e. The van der Waals surface area contributed by atoms with E-state index < -0.39 is 59.1 Å². The Hall–Kier alpha value is -1.14. The second-order valence-electron chi connectivity index (χ2n) is 6.17. The fourth-order valence-electron chi connectivity index (χ4n) is 2.68. The van der Waals surface area contributed by atoms with Crippen LogP contribution in [0.5, 0.6) is 0 Å². The van der Waals surface area contributed by atoms with Gasteiger partial charge in [-0.1, -0.05) is 0 Å². The number of nitrogens with one attached hydrogen (secondary N) is 1. The molecule has 0 aromatic carbocycles. The third kappa shape index (κ3) is 5.85. The first-order valence-corrected chi connectivity index (χ1v) is 13.6. The van der Waals surface area contributed by atoms with Crippen molar-refractivity contribution in [1.82, 2.24) is 19.5 Å². The summed E-state index contributed by atoms with van der Waals surface area (Å²) in [5.74, 6) is -0.276. The number of rotatable bonds is 8. The number of nitrogens with two attached hydrogens (primary N) is 1. The van der Waals surface area contributed by atoms with Crippen LogP contribution in [0.3, 0.4) is 0 Å². The van der Waals surface area contributed by atoms with Crippen molar-refractivity contribution in [2.24, 2.45) is 0 Å². The van der Waals surface area contributed by atoms with Crippen molar-refractivity contribution in [3.63, 3.8) is 0 Å². The van der Waals surface area contributed by atoms with Gasteiger partial charge in [-0.2, -0.15) is 4.98 Å². The first kappa shape index (κ1) is 25.5. The van der Waals surface area contributed by atoms with Crippen molar-refractivity contribution in [2.75, 3.05) is 12.3 Å². The molecule has 32 heavy (non-hydrogen) atoms. The lowest BCUT2D eigenvalue weighted by atomic mass is 10.1. The lowest BCUT2D eigenvalue weighted by Gasteiger charge is -2.31. The molecule has 180 valence electrons. The lowest BCUT2D eigenvalue weighted by Crippen LogP contribution is -2.34. The Balaban J connectivity index is 1.72. The molecule has 1 aliphatic heterocycles. The van der Waals surface area contributed by atoms with Crippen LogP contribution in [0.15, 0.2) is 11.1 Å². The van der Waals surface area contributed by atoms with E-state index in [9.17, 15) is 33.9 Å². The third-order valence-electron chi connectivity index (χ3n) is 3.87. The summed E-state index contributed by atoms with van der Waals surface area (Å²) in [5, 5.41) is 20.4. The minimum Gasteiger partial charge on any atom is -0.756 e. The molecule has 6 atom stereocenters. The molecule has 0 spiro atoms. The van der Waals surface area contributed by atoms with Gasteiger partial charge in [0, 0.05) is 0 Å². The van der Waals surface area contributed by atoms with Crippen LogP contribution in [0, 0.1) is 0 Å². The summed E-state index contributed by atoms with van der Waals surface area (Å²) in [6.45, 7) is -5.87. The molecule has 2 aromatic rings. The van der Waals surface area contributed by atoms with E-state index in [2.05, 4.69) is 39.9 Å². The summed E-state index contributed by atoms with van der Waals surface area (Å²) >= 11 is 3.90. The van der Waals surface area contributed by atoms with Crippen LogP contribution >= 0.6 is 22.4 Å². The number of phosphoric acid groups is 2. The Morgan fingerprint density at radius 2 is 1.91 bits per heavy atom. The van der Waals surface area contributed by atoms with Crippen molar-refractivity contribution >= 4 is 51.3 Å². The summed E-state index contributed by atoms with van der Waals surface area (Å²) in [4.78, 5) is 62.4. The van der Waals surface area contributed by atoms with Gasteiger partial charge in [-0.3, -0.25) is 23.5 Å².